The van der Waals surface area contributed by atoms with Crippen molar-refractivity contribution in [3.63, 3.8) is 0 Å². The summed E-state index contributed by atoms with van der Waals surface area (Å²) in [6, 6.07) is 4.86. The largest absolute Gasteiger partial charge is 0.494 e. The lowest BCUT2D eigenvalue weighted by molar-refractivity contribution is 0.145. The second-order valence-corrected chi connectivity index (χ2v) is 6.72. The van der Waals surface area contributed by atoms with E-state index in [4.69, 9.17) is 9.73 Å². The Labute approximate surface area is 150 Å². The molecule has 0 saturated carbocycles. The number of methoxy groups -OCH3 is 1. The second-order valence-electron chi connectivity index (χ2n) is 6.72. The highest BCUT2D eigenvalue weighted by molar-refractivity contribution is 6.17. The van der Waals surface area contributed by atoms with E-state index in [0.717, 1.165) is 0 Å². The molecule has 26 heavy (non-hydrogen) atoms. The van der Waals surface area contributed by atoms with Gasteiger partial charge in [-0.3, -0.25) is 9.98 Å². The van der Waals surface area contributed by atoms with Crippen LogP contribution in [0.2, 0.25) is 0 Å². The fraction of sp³-hybridized carbons (Fsp3) is 0.368. The SMILES string of the molecule is COc1ccc2c(c1F)N(C)C(C)(C)N=C2c1cnc(C(F)F)c(C)c1. The van der Waals surface area contributed by atoms with Gasteiger partial charge in [0.2, 0.25) is 0 Å². The Kier molecular flexibility index (Phi) is 4.42. The van der Waals surface area contributed by atoms with Crippen molar-refractivity contribution in [1.82, 2.24) is 4.98 Å². The van der Waals surface area contributed by atoms with Crippen molar-refractivity contribution in [3.8, 4) is 5.75 Å². The van der Waals surface area contributed by atoms with Gasteiger partial charge in [-0.1, -0.05) is 0 Å². The van der Waals surface area contributed by atoms with Crippen LogP contribution in [-0.2, 0) is 0 Å². The van der Waals surface area contributed by atoms with Crippen LogP contribution in [0.4, 0.5) is 18.9 Å². The Morgan fingerprint density at radius 3 is 2.50 bits per heavy atom. The van der Waals surface area contributed by atoms with Crippen LogP contribution in [0.3, 0.4) is 0 Å². The van der Waals surface area contributed by atoms with Gasteiger partial charge < -0.3 is 9.64 Å². The van der Waals surface area contributed by atoms with Crippen LogP contribution in [0.5, 0.6) is 5.75 Å². The molecular formula is C19H20F3N3O. The molecule has 0 unspecified atom stereocenters. The summed E-state index contributed by atoms with van der Waals surface area (Å²) in [5.74, 6) is -0.350. The van der Waals surface area contributed by atoms with Gasteiger partial charge in [0.25, 0.3) is 6.43 Å². The predicted molar refractivity (Wildman–Crippen MR) is 95.0 cm³/mol. The van der Waals surface area contributed by atoms with E-state index in [1.165, 1.54) is 19.4 Å². The van der Waals surface area contributed by atoms with Crippen molar-refractivity contribution in [3.05, 3.63) is 52.6 Å². The quantitative estimate of drug-likeness (QED) is 0.806. The summed E-state index contributed by atoms with van der Waals surface area (Å²) in [5.41, 5.74) is 1.38. The first-order valence-electron chi connectivity index (χ1n) is 8.13. The molecule has 1 aliphatic heterocycles. The number of hydrogen-bond donors (Lipinski definition) is 0. The van der Waals surface area contributed by atoms with Crippen molar-refractivity contribution >= 4 is 11.4 Å². The van der Waals surface area contributed by atoms with Gasteiger partial charge in [-0.05, 0) is 44.5 Å². The average molecular weight is 363 g/mol. The molecule has 0 N–H and O–H groups in total. The molecule has 3 rings (SSSR count). The average Bonchev–Trinajstić information content (AvgIpc) is 2.57. The smallest absolute Gasteiger partial charge is 0.280 e. The molecule has 0 radical (unpaired) electrons. The molecule has 1 aromatic heterocycles. The molecule has 0 aliphatic carbocycles. The monoisotopic (exact) mass is 363 g/mol. The van der Waals surface area contributed by atoms with Gasteiger partial charge in [-0.15, -0.1) is 0 Å². The maximum absolute atomic E-state index is 15.0. The normalized spacial score (nSPS) is 15.7. The summed E-state index contributed by atoms with van der Waals surface area (Å²) in [7, 11) is 3.16. The Morgan fingerprint density at radius 1 is 1.23 bits per heavy atom. The molecule has 2 aromatic rings. The summed E-state index contributed by atoms with van der Waals surface area (Å²) in [6.07, 6.45) is -1.28. The highest BCUT2D eigenvalue weighted by Gasteiger charge is 2.35. The predicted octanol–water partition coefficient (Wildman–Crippen LogP) is 4.50. The van der Waals surface area contributed by atoms with E-state index in [-0.39, 0.29) is 11.4 Å². The fourth-order valence-corrected chi connectivity index (χ4v) is 3.07. The first kappa shape index (κ1) is 18.2. The number of aliphatic imine (C=N–C) groups is 1. The van der Waals surface area contributed by atoms with Crippen molar-refractivity contribution < 1.29 is 17.9 Å². The van der Waals surface area contributed by atoms with Crippen LogP contribution in [0.15, 0.2) is 29.4 Å². The Balaban J connectivity index is 2.23. The summed E-state index contributed by atoms with van der Waals surface area (Å²) in [6.45, 7) is 5.28. The third kappa shape index (κ3) is 2.81. The number of hydrogen-bond acceptors (Lipinski definition) is 4. The molecule has 1 aromatic carbocycles. The summed E-state index contributed by atoms with van der Waals surface area (Å²) in [5, 5.41) is 0. The first-order valence-corrected chi connectivity index (χ1v) is 8.13. The van der Waals surface area contributed by atoms with Crippen LogP contribution >= 0.6 is 0 Å². The number of fused-ring (bicyclic) bond motifs is 1. The molecule has 0 bridgehead atoms. The maximum atomic E-state index is 15.0. The molecule has 0 spiro atoms. The van der Waals surface area contributed by atoms with E-state index in [9.17, 15) is 13.2 Å². The second kappa shape index (κ2) is 6.30. The van der Waals surface area contributed by atoms with Crippen LogP contribution < -0.4 is 9.64 Å². The minimum atomic E-state index is -2.64. The zero-order valence-corrected chi connectivity index (χ0v) is 15.3. The Hall–Kier alpha value is -2.57. The van der Waals surface area contributed by atoms with Gasteiger partial charge in [0.05, 0.1) is 18.5 Å². The number of alkyl halides is 2. The number of benzene rings is 1. The van der Waals surface area contributed by atoms with E-state index < -0.39 is 17.9 Å². The highest BCUT2D eigenvalue weighted by Crippen LogP contribution is 2.40. The van der Waals surface area contributed by atoms with E-state index in [1.807, 2.05) is 13.8 Å². The molecule has 0 amide bonds. The number of rotatable bonds is 3. The van der Waals surface area contributed by atoms with Gasteiger partial charge in [0.1, 0.15) is 11.4 Å². The number of aromatic nitrogens is 1. The molecule has 4 nitrogen and oxygen atoms in total. The van der Waals surface area contributed by atoms with E-state index >= 15 is 0 Å². The number of ether oxygens (including phenoxy) is 1. The van der Waals surface area contributed by atoms with E-state index in [1.54, 1.807) is 31.0 Å². The Morgan fingerprint density at radius 2 is 1.92 bits per heavy atom. The van der Waals surface area contributed by atoms with Crippen molar-refractivity contribution in [1.29, 1.82) is 0 Å². The first-order chi connectivity index (χ1) is 12.2. The summed E-state index contributed by atoms with van der Waals surface area (Å²) >= 11 is 0. The zero-order valence-electron chi connectivity index (χ0n) is 15.3. The van der Waals surface area contributed by atoms with Crippen LogP contribution in [0, 0.1) is 12.7 Å². The van der Waals surface area contributed by atoms with Crippen molar-refractivity contribution in [2.45, 2.75) is 32.9 Å². The molecular weight excluding hydrogens is 343 g/mol. The third-order valence-electron chi connectivity index (χ3n) is 4.70. The van der Waals surface area contributed by atoms with Gasteiger partial charge in [0.15, 0.2) is 11.6 Å². The molecule has 0 atom stereocenters. The zero-order chi connectivity index (χ0) is 19.2. The van der Waals surface area contributed by atoms with Gasteiger partial charge >= 0.3 is 0 Å². The minimum Gasteiger partial charge on any atom is -0.494 e. The Bertz CT molecular complexity index is 894. The van der Waals surface area contributed by atoms with E-state index in [2.05, 4.69) is 4.98 Å². The lowest BCUT2D eigenvalue weighted by Crippen LogP contribution is -2.44. The van der Waals surface area contributed by atoms with Crippen LogP contribution in [-0.4, -0.2) is 30.5 Å². The molecule has 0 fully saturated rings. The number of anilines is 1. The van der Waals surface area contributed by atoms with Crippen LogP contribution in [0.1, 0.15) is 42.7 Å². The maximum Gasteiger partial charge on any atom is 0.280 e. The van der Waals surface area contributed by atoms with Gasteiger partial charge in [-0.25, -0.2) is 13.2 Å². The summed E-state index contributed by atoms with van der Waals surface area (Å²) < 4.78 is 46.0. The molecule has 0 saturated heterocycles. The minimum absolute atomic E-state index is 0.134. The van der Waals surface area contributed by atoms with Crippen molar-refractivity contribution in [2.24, 2.45) is 4.99 Å². The lowest BCUT2D eigenvalue weighted by atomic mass is 9.94. The number of pyridine rings is 1. The number of halogens is 3. The molecule has 7 heteroatoms. The summed E-state index contributed by atoms with van der Waals surface area (Å²) in [4.78, 5) is 10.3. The van der Waals surface area contributed by atoms with Gasteiger partial charge in [-0.2, -0.15) is 0 Å². The van der Waals surface area contributed by atoms with Crippen LogP contribution in [0.25, 0.3) is 0 Å². The number of aryl methyl sites for hydroxylation is 1. The molecule has 2 heterocycles. The van der Waals surface area contributed by atoms with Crippen molar-refractivity contribution in [2.75, 3.05) is 19.1 Å². The third-order valence-corrected chi connectivity index (χ3v) is 4.70. The van der Waals surface area contributed by atoms with Gasteiger partial charge in [0, 0.05) is 24.4 Å². The number of nitrogens with zero attached hydrogens (tertiary/aromatic N) is 3. The molecule has 1 aliphatic rings. The fourth-order valence-electron chi connectivity index (χ4n) is 3.07. The highest BCUT2D eigenvalue weighted by atomic mass is 19.3. The lowest BCUT2D eigenvalue weighted by Gasteiger charge is -2.40. The topological polar surface area (TPSA) is 37.7 Å². The standard InChI is InChI=1S/C19H20F3N3O/c1-10-8-11(9-23-15(10)18(21)22)16-12-6-7-13(26-5)14(20)17(12)25(4)19(2,3)24-16/h6-9,18H,1-5H3. The van der Waals surface area contributed by atoms with E-state index in [0.29, 0.717) is 28.1 Å². The molecule has 138 valence electrons.